The topological polar surface area (TPSA) is 17.8 Å². The van der Waals surface area contributed by atoms with Gasteiger partial charge in [0.05, 0.1) is 12.0 Å². The lowest BCUT2D eigenvalue weighted by Crippen LogP contribution is -2.13. The molecule has 50 heavy (non-hydrogen) atoms. The number of halogens is 4. The molecule has 1 aliphatic rings. The van der Waals surface area contributed by atoms with Gasteiger partial charge in [0.1, 0.15) is 5.82 Å². The first-order valence-corrected chi connectivity index (χ1v) is 19.0. The van der Waals surface area contributed by atoms with Crippen LogP contribution in [0, 0.1) is 33.4 Å². The fourth-order valence-electron chi connectivity index (χ4n) is 4.73. The average Bonchev–Trinajstić information content (AvgIpc) is 3.33. The molecule has 2 aromatic heterocycles. The van der Waals surface area contributed by atoms with Crippen LogP contribution in [0.3, 0.4) is 0 Å². The normalized spacial score (nSPS) is 13.8. The van der Waals surface area contributed by atoms with Crippen molar-refractivity contribution in [2.24, 2.45) is 34.6 Å². The SMILES string of the molecule is CC(C)(C)CC1CC1.CC(C)(C)CCC(F)(F)F.CC(C)(C)Cc1ccc(F)cc1.CC(C)(C)c1cccs1.Cn1cnc(CC(C)(C)C)c1. The third-order valence-corrected chi connectivity index (χ3v) is 8.43. The molecule has 0 atom stereocenters. The summed E-state index contributed by atoms with van der Waals surface area (Å²) in [6.45, 7) is 32.3. The maximum atomic E-state index is 12.5. The van der Waals surface area contributed by atoms with Crippen molar-refractivity contribution in [1.29, 1.82) is 0 Å². The van der Waals surface area contributed by atoms with Crippen LogP contribution >= 0.6 is 11.3 Å². The smallest absolute Gasteiger partial charge is 0.340 e. The van der Waals surface area contributed by atoms with E-state index in [1.54, 1.807) is 20.8 Å². The van der Waals surface area contributed by atoms with Gasteiger partial charge in [0, 0.05) is 24.5 Å². The van der Waals surface area contributed by atoms with E-state index in [4.69, 9.17) is 0 Å². The van der Waals surface area contributed by atoms with E-state index in [0.717, 1.165) is 18.8 Å². The van der Waals surface area contributed by atoms with E-state index in [1.807, 2.05) is 41.4 Å². The van der Waals surface area contributed by atoms with Crippen LogP contribution in [0.15, 0.2) is 54.3 Å². The summed E-state index contributed by atoms with van der Waals surface area (Å²) in [6, 6.07) is 11.0. The number of hydrogen-bond acceptors (Lipinski definition) is 2. The summed E-state index contributed by atoms with van der Waals surface area (Å²) < 4.78 is 49.3. The quantitative estimate of drug-likeness (QED) is 0.245. The molecule has 2 nitrogen and oxygen atoms in total. The Morgan fingerprint density at radius 2 is 1.22 bits per heavy atom. The lowest BCUT2D eigenvalue weighted by Gasteiger charge is -2.18. The molecule has 0 N–H and O–H groups in total. The van der Waals surface area contributed by atoms with Gasteiger partial charge < -0.3 is 4.57 Å². The lowest BCUT2D eigenvalue weighted by molar-refractivity contribution is -0.139. The van der Waals surface area contributed by atoms with Crippen LogP contribution in [-0.4, -0.2) is 15.7 Å². The van der Waals surface area contributed by atoms with Gasteiger partial charge in [0.15, 0.2) is 0 Å². The predicted molar refractivity (Wildman–Crippen MR) is 210 cm³/mol. The minimum atomic E-state index is -3.99. The molecule has 0 spiro atoms. The molecule has 1 saturated carbocycles. The van der Waals surface area contributed by atoms with E-state index in [9.17, 15) is 17.6 Å². The van der Waals surface area contributed by atoms with E-state index >= 15 is 0 Å². The Bertz CT molecular complexity index is 1270. The number of aromatic nitrogens is 2. The Kier molecular flexibility index (Phi) is 19.3. The Balaban J connectivity index is 0.000000604. The van der Waals surface area contributed by atoms with Crippen LogP contribution in [0.25, 0.3) is 0 Å². The van der Waals surface area contributed by atoms with Crippen LogP contribution in [0.1, 0.15) is 152 Å². The van der Waals surface area contributed by atoms with Crippen molar-refractivity contribution >= 4 is 11.3 Å². The summed E-state index contributed by atoms with van der Waals surface area (Å²) in [5.74, 6) is 0.933. The van der Waals surface area contributed by atoms with Crippen molar-refractivity contribution in [2.45, 2.75) is 160 Å². The molecule has 0 amide bonds. The number of rotatable bonds is 4. The van der Waals surface area contributed by atoms with Crippen LogP contribution in [0.4, 0.5) is 17.6 Å². The molecule has 0 aliphatic heterocycles. The number of aryl methyl sites for hydroxylation is 1. The first kappa shape index (κ1) is 47.8. The van der Waals surface area contributed by atoms with Crippen molar-refractivity contribution in [3.63, 3.8) is 0 Å². The summed E-state index contributed by atoms with van der Waals surface area (Å²) >= 11 is 1.83. The Morgan fingerprint density at radius 1 is 0.700 bits per heavy atom. The molecule has 288 valence electrons. The van der Waals surface area contributed by atoms with Crippen LogP contribution in [0.2, 0.25) is 0 Å². The highest BCUT2D eigenvalue weighted by molar-refractivity contribution is 7.10. The van der Waals surface area contributed by atoms with Crippen molar-refractivity contribution in [1.82, 2.24) is 9.55 Å². The van der Waals surface area contributed by atoms with Gasteiger partial charge in [0.25, 0.3) is 0 Å². The molecule has 0 bridgehead atoms. The third kappa shape index (κ3) is 30.7. The van der Waals surface area contributed by atoms with Crippen molar-refractivity contribution < 1.29 is 17.6 Å². The maximum Gasteiger partial charge on any atom is 0.389 e. The Labute approximate surface area is 308 Å². The zero-order valence-electron chi connectivity index (χ0n) is 34.5. The molecule has 4 rings (SSSR count). The fourth-order valence-corrected chi connectivity index (χ4v) is 5.54. The molecule has 1 fully saturated rings. The minimum Gasteiger partial charge on any atom is -0.340 e. The highest BCUT2D eigenvalue weighted by Gasteiger charge is 2.29. The van der Waals surface area contributed by atoms with Gasteiger partial charge >= 0.3 is 6.18 Å². The second-order valence-corrected chi connectivity index (χ2v) is 20.7. The molecule has 3 aromatic rings. The van der Waals surface area contributed by atoms with Gasteiger partial charge in [-0.1, -0.05) is 135 Å². The Hall–Kier alpha value is -2.15. The number of thiophene rings is 1. The van der Waals surface area contributed by atoms with E-state index in [1.165, 1.54) is 47.5 Å². The number of alkyl halides is 3. The average molecular weight is 725 g/mol. The summed E-state index contributed by atoms with van der Waals surface area (Å²) in [6.07, 6.45) is 5.94. The molecular weight excluding hydrogens is 653 g/mol. The largest absolute Gasteiger partial charge is 0.389 e. The summed E-state index contributed by atoms with van der Waals surface area (Å²) in [4.78, 5) is 5.72. The molecule has 0 unspecified atom stereocenters. The van der Waals surface area contributed by atoms with Crippen molar-refractivity contribution in [3.05, 3.63) is 76.3 Å². The second kappa shape index (κ2) is 20.2. The van der Waals surface area contributed by atoms with Gasteiger partial charge in [0.2, 0.25) is 0 Å². The monoisotopic (exact) mass is 725 g/mol. The predicted octanol–water partition coefficient (Wildman–Crippen LogP) is 14.7. The van der Waals surface area contributed by atoms with Gasteiger partial charge in [-0.2, -0.15) is 13.2 Å². The first-order chi connectivity index (χ1) is 22.3. The number of nitrogens with zero attached hydrogens (tertiary/aromatic N) is 2. The molecular formula is C43H72F4N2S. The summed E-state index contributed by atoms with van der Waals surface area (Å²) in [5.41, 5.74) is 3.71. The maximum absolute atomic E-state index is 12.5. The third-order valence-electron chi connectivity index (χ3n) is 7.13. The van der Waals surface area contributed by atoms with Crippen LogP contribution in [0.5, 0.6) is 0 Å². The highest BCUT2D eigenvalue weighted by Crippen LogP contribution is 2.39. The zero-order valence-corrected chi connectivity index (χ0v) is 35.4. The van der Waals surface area contributed by atoms with E-state index in [2.05, 4.69) is 112 Å². The number of hydrogen-bond donors (Lipinski definition) is 0. The Morgan fingerprint density at radius 3 is 1.48 bits per heavy atom. The number of benzene rings is 1. The van der Waals surface area contributed by atoms with Gasteiger partial charge in [-0.15, -0.1) is 11.3 Å². The van der Waals surface area contributed by atoms with Gasteiger partial charge in [-0.05, 0) is 87.8 Å². The first-order valence-electron chi connectivity index (χ1n) is 18.2. The van der Waals surface area contributed by atoms with E-state index < -0.39 is 12.6 Å². The fraction of sp³-hybridized carbons (Fsp3) is 0.698. The van der Waals surface area contributed by atoms with Crippen LogP contribution in [-0.2, 0) is 25.3 Å². The number of imidazole rings is 1. The lowest BCUT2D eigenvalue weighted by atomic mass is 9.88. The molecule has 1 aliphatic carbocycles. The highest BCUT2D eigenvalue weighted by atomic mass is 32.1. The standard InChI is InChI=1S/C11H15F.C9H16N2.C8H12S.C8H16.C7H13F3/c1-11(2,3)8-9-4-6-10(12)7-5-9;1-9(2,3)5-8-6-11(4)7-10-8;1-8(2,3)7-5-4-6-9-7;1-8(2,3)6-7-4-5-7;1-6(2,3)4-5-7(8,9)10/h4-7H,8H2,1-3H3;6-7H,5H2,1-4H3;4-6H,1-3H3;7H,4-6H2,1-3H3;4-5H2,1-3H3. The summed E-state index contributed by atoms with van der Waals surface area (Å²) in [5, 5.41) is 2.13. The zero-order chi connectivity index (χ0) is 39.2. The molecule has 0 saturated heterocycles. The molecule has 1 aromatic carbocycles. The summed E-state index contributed by atoms with van der Waals surface area (Å²) in [7, 11) is 2.00. The van der Waals surface area contributed by atoms with Crippen molar-refractivity contribution in [2.75, 3.05) is 0 Å². The molecule has 7 heteroatoms. The van der Waals surface area contributed by atoms with Gasteiger partial charge in [-0.3, -0.25) is 0 Å². The minimum absolute atomic E-state index is 0.160. The van der Waals surface area contributed by atoms with Gasteiger partial charge in [-0.25, -0.2) is 9.37 Å². The second-order valence-electron chi connectivity index (χ2n) is 19.7. The van der Waals surface area contributed by atoms with Crippen molar-refractivity contribution in [3.8, 4) is 0 Å². The molecule has 0 radical (unpaired) electrons. The van der Waals surface area contributed by atoms with Crippen LogP contribution < -0.4 is 0 Å². The molecule has 2 heterocycles. The van der Waals surface area contributed by atoms with E-state index in [0.29, 0.717) is 16.2 Å². The van der Waals surface area contributed by atoms with E-state index in [-0.39, 0.29) is 23.1 Å².